The summed E-state index contributed by atoms with van der Waals surface area (Å²) in [6.45, 7) is -0.366. The Morgan fingerprint density at radius 1 is 1.28 bits per heavy atom. The van der Waals surface area contributed by atoms with Gasteiger partial charge in [-0.3, -0.25) is 14.2 Å². The summed E-state index contributed by atoms with van der Waals surface area (Å²) in [5.41, 5.74) is -3.10. The van der Waals surface area contributed by atoms with E-state index in [2.05, 4.69) is 31.1 Å². The average molecular weight is 468 g/mol. The van der Waals surface area contributed by atoms with E-state index >= 15 is 0 Å². The standard InChI is InChI=1S/C17H9BrF3N5O3/c18-12-5-10(15(27)25-24-12)7-26-8-23-14(17(19,20)21)13(16(26)28)29-11-3-1-2-9(4-11)6-22/h1-5,8H,7H2,(H,25,27). The van der Waals surface area contributed by atoms with E-state index in [-0.39, 0.29) is 28.0 Å². The largest absolute Gasteiger partial charge is 0.449 e. The van der Waals surface area contributed by atoms with Crippen molar-refractivity contribution < 1.29 is 17.9 Å². The molecule has 8 nitrogen and oxygen atoms in total. The SMILES string of the molecule is N#Cc1cccc(Oc2c(C(F)(F)F)ncn(Cc3cc(Br)n[nH]c3=O)c2=O)c1. The summed E-state index contributed by atoms with van der Waals surface area (Å²) in [5.74, 6) is -1.21. The summed E-state index contributed by atoms with van der Waals surface area (Å²) in [6.07, 6.45) is -4.28. The third-order valence-corrected chi connectivity index (χ3v) is 4.04. The van der Waals surface area contributed by atoms with E-state index in [9.17, 15) is 22.8 Å². The lowest BCUT2D eigenvalue weighted by Crippen LogP contribution is -2.28. The second kappa shape index (κ2) is 7.88. The van der Waals surface area contributed by atoms with Crippen molar-refractivity contribution in [2.75, 3.05) is 0 Å². The molecule has 0 saturated heterocycles. The monoisotopic (exact) mass is 467 g/mol. The van der Waals surface area contributed by atoms with E-state index in [1.54, 1.807) is 0 Å². The Morgan fingerprint density at radius 3 is 2.72 bits per heavy atom. The molecule has 3 rings (SSSR count). The van der Waals surface area contributed by atoms with Crippen molar-refractivity contribution in [3.8, 4) is 17.6 Å². The highest BCUT2D eigenvalue weighted by Crippen LogP contribution is 2.34. The van der Waals surface area contributed by atoms with Gasteiger partial charge in [0.1, 0.15) is 10.4 Å². The lowest BCUT2D eigenvalue weighted by molar-refractivity contribution is -0.142. The molecule has 1 aromatic carbocycles. The number of nitrogens with one attached hydrogen (secondary N) is 1. The normalized spacial score (nSPS) is 11.1. The van der Waals surface area contributed by atoms with Crippen LogP contribution >= 0.6 is 15.9 Å². The van der Waals surface area contributed by atoms with Crippen molar-refractivity contribution in [1.29, 1.82) is 5.26 Å². The molecule has 0 saturated carbocycles. The maximum absolute atomic E-state index is 13.3. The predicted octanol–water partition coefficient (Wildman–Crippen LogP) is 2.82. The van der Waals surface area contributed by atoms with Crippen LogP contribution in [0.4, 0.5) is 13.2 Å². The average Bonchev–Trinajstić information content (AvgIpc) is 2.67. The Bertz CT molecular complexity index is 1230. The lowest BCUT2D eigenvalue weighted by Gasteiger charge is -2.14. The minimum Gasteiger partial charge on any atom is -0.449 e. The highest BCUT2D eigenvalue weighted by atomic mass is 79.9. The third-order valence-electron chi connectivity index (χ3n) is 3.64. The second-order valence-corrected chi connectivity index (χ2v) is 6.45. The molecule has 12 heteroatoms. The van der Waals surface area contributed by atoms with Crippen molar-refractivity contribution in [2.24, 2.45) is 0 Å². The van der Waals surface area contributed by atoms with Gasteiger partial charge in [0.05, 0.1) is 24.5 Å². The van der Waals surface area contributed by atoms with Gasteiger partial charge in [-0.25, -0.2) is 10.1 Å². The Hall–Kier alpha value is -3.46. The van der Waals surface area contributed by atoms with Crippen LogP contribution in [0, 0.1) is 11.3 Å². The van der Waals surface area contributed by atoms with Crippen molar-refractivity contribution >= 4 is 15.9 Å². The first-order chi connectivity index (χ1) is 13.7. The van der Waals surface area contributed by atoms with E-state index in [4.69, 9.17) is 10.00 Å². The minimum atomic E-state index is -4.96. The number of halogens is 4. The number of hydrogen-bond acceptors (Lipinski definition) is 6. The second-order valence-electron chi connectivity index (χ2n) is 5.64. The molecule has 0 aliphatic rings. The van der Waals surface area contributed by atoms with Gasteiger partial charge < -0.3 is 4.74 Å². The Balaban J connectivity index is 2.10. The fraction of sp³-hybridized carbons (Fsp3) is 0.118. The number of ether oxygens (including phenoxy) is 1. The van der Waals surface area contributed by atoms with Crippen molar-refractivity contribution in [3.05, 3.63) is 78.8 Å². The Kier molecular flexibility index (Phi) is 5.51. The molecule has 0 unspecified atom stereocenters. The van der Waals surface area contributed by atoms with Crippen LogP contribution in [0.2, 0.25) is 0 Å². The number of nitrogens with zero attached hydrogens (tertiary/aromatic N) is 4. The molecule has 148 valence electrons. The van der Waals surface area contributed by atoms with E-state index in [1.165, 1.54) is 30.3 Å². The van der Waals surface area contributed by atoms with Gasteiger partial charge in [0.2, 0.25) is 5.75 Å². The fourth-order valence-corrected chi connectivity index (χ4v) is 2.71. The number of H-pyrrole nitrogens is 1. The van der Waals surface area contributed by atoms with Gasteiger partial charge in [-0.15, -0.1) is 0 Å². The Morgan fingerprint density at radius 2 is 2.03 bits per heavy atom. The van der Waals surface area contributed by atoms with Gasteiger partial charge in [-0.1, -0.05) is 6.07 Å². The zero-order valence-corrected chi connectivity index (χ0v) is 15.8. The molecule has 2 aromatic heterocycles. The summed E-state index contributed by atoms with van der Waals surface area (Å²) in [6, 6.07) is 8.43. The first-order valence-electron chi connectivity index (χ1n) is 7.78. The maximum Gasteiger partial charge on any atom is 0.437 e. The topological polar surface area (TPSA) is 114 Å². The maximum atomic E-state index is 13.3. The van der Waals surface area contributed by atoms with E-state index in [0.29, 0.717) is 6.33 Å². The van der Waals surface area contributed by atoms with Crippen LogP contribution in [0.15, 0.2) is 50.9 Å². The number of aromatic amines is 1. The molecular weight excluding hydrogens is 459 g/mol. The fourth-order valence-electron chi connectivity index (χ4n) is 2.34. The number of benzene rings is 1. The van der Waals surface area contributed by atoms with Crippen LogP contribution in [0.25, 0.3) is 0 Å². The molecule has 3 aromatic rings. The number of rotatable bonds is 4. The summed E-state index contributed by atoms with van der Waals surface area (Å²) in [7, 11) is 0. The summed E-state index contributed by atoms with van der Waals surface area (Å²) in [4.78, 5) is 27.8. The number of hydrogen-bond donors (Lipinski definition) is 1. The summed E-state index contributed by atoms with van der Waals surface area (Å²) >= 11 is 3.05. The lowest BCUT2D eigenvalue weighted by atomic mass is 10.2. The molecule has 0 spiro atoms. The molecule has 0 fully saturated rings. The van der Waals surface area contributed by atoms with Crippen LogP contribution in [0.5, 0.6) is 11.5 Å². The molecule has 2 heterocycles. The zero-order chi connectivity index (χ0) is 21.2. The quantitative estimate of drug-likeness (QED) is 0.630. The minimum absolute atomic E-state index is 0.0629. The molecule has 29 heavy (non-hydrogen) atoms. The van der Waals surface area contributed by atoms with Crippen LogP contribution in [0.1, 0.15) is 16.8 Å². The van der Waals surface area contributed by atoms with Gasteiger partial charge in [0, 0.05) is 5.56 Å². The van der Waals surface area contributed by atoms with Gasteiger partial charge in [-0.05, 0) is 40.2 Å². The highest BCUT2D eigenvalue weighted by Gasteiger charge is 2.38. The third kappa shape index (κ3) is 4.52. The zero-order valence-electron chi connectivity index (χ0n) is 14.2. The summed E-state index contributed by atoms with van der Waals surface area (Å²) in [5, 5.41) is 14.7. The van der Waals surface area contributed by atoms with Crippen LogP contribution in [0.3, 0.4) is 0 Å². The predicted molar refractivity (Wildman–Crippen MR) is 96.4 cm³/mol. The van der Waals surface area contributed by atoms with Crippen LogP contribution < -0.4 is 15.9 Å². The van der Waals surface area contributed by atoms with E-state index in [1.807, 2.05) is 6.07 Å². The molecule has 0 bridgehead atoms. The van der Waals surface area contributed by atoms with Gasteiger partial charge in [-0.2, -0.15) is 23.5 Å². The van der Waals surface area contributed by atoms with Gasteiger partial charge in [0.15, 0.2) is 5.69 Å². The highest BCUT2D eigenvalue weighted by molar-refractivity contribution is 9.10. The van der Waals surface area contributed by atoms with E-state index in [0.717, 1.165) is 4.57 Å². The Labute approximate surface area is 168 Å². The van der Waals surface area contributed by atoms with Crippen molar-refractivity contribution in [2.45, 2.75) is 12.7 Å². The van der Waals surface area contributed by atoms with Crippen LogP contribution in [-0.2, 0) is 12.7 Å². The molecule has 1 N–H and O–H groups in total. The van der Waals surface area contributed by atoms with E-state index < -0.39 is 28.7 Å². The molecule has 0 aliphatic heterocycles. The molecule has 0 radical (unpaired) electrons. The molecular formula is C17H9BrF3N5O3. The van der Waals surface area contributed by atoms with Gasteiger partial charge >= 0.3 is 6.18 Å². The number of alkyl halides is 3. The van der Waals surface area contributed by atoms with Gasteiger partial charge in [0.25, 0.3) is 11.1 Å². The smallest absolute Gasteiger partial charge is 0.437 e. The molecule has 0 atom stereocenters. The summed E-state index contributed by atoms with van der Waals surface area (Å²) < 4.78 is 46.3. The first-order valence-corrected chi connectivity index (χ1v) is 8.57. The van der Waals surface area contributed by atoms with Crippen molar-refractivity contribution in [1.82, 2.24) is 19.7 Å². The van der Waals surface area contributed by atoms with Crippen molar-refractivity contribution in [3.63, 3.8) is 0 Å². The molecule has 0 aliphatic carbocycles. The first kappa shape index (κ1) is 20.3. The number of nitriles is 1. The molecule has 0 amide bonds. The van der Waals surface area contributed by atoms with Crippen LogP contribution in [-0.4, -0.2) is 19.7 Å². The number of aromatic nitrogens is 4.